The molecule has 0 radical (unpaired) electrons. The summed E-state index contributed by atoms with van der Waals surface area (Å²) in [5.41, 5.74) is 1.90. The standard InChI is InChI=1S/C17H27NO2/c1-6-7-13(4)10-17(19)18-16-9-8-15(11-14(16)5)20-12(2)3/h8-9,11-13H,6-7,10H2,1-5H3,(H,18,19). The predicted molar refractivity (Wildman–Crippen MR) is 84.3 cm³/mol. The topological polar surface area (TPSA) is 38.3 Å². The molecule has 1 N–H and O–H groups in total. The van der Waals surface area contributed by atoms with Crippen molar-refractivity contribution < 1.29 is 9.53 Å². The summed E-state index contributed by atoms with van der Waals surface area (Å²) in [6.45, 7) is 10.3. The largest absolute Gasteiger partial charge is 0.491 e. The summed E-state index contributed by atoms with van der Waals surface area (Å²) in [4.78, 5) is 12.0. The van der Waals surface area contributed by atoms with Gasteiger partial charge in [0.05, 0.1) is 6.10 Å². The molecular weight excluding hydrogens is 250 g/mol. The van der Waals surface area contributed by atoms with Gasteiger partial charge < -0.3 is 10.1 Å². The van der Waals surface area contributed by atoms with Gasteiger partial charge in [0.1, 0.15) is 5.75 Å². The summed E-state index contributed by atoms with van der Waals surface area (Å²) in [5, 5.41) is 2.99. The van der Waals surface area contributed by atoms with Gasteiger partial charge in [0.2, 0.25) is 5.91 Å². The van der Waals surface area contributed by atoms with Gasteiger partial charge in [-0.15, -0.1) is 0 Å². The fourth-order valence-electron chi connectivity index (χ4n) is 2.23. The van der Waals surface area contributed by atoms with E-state index in [1.807, 2.05) is 39.0 Å². The number of hydrogen-bond acceptors (Lipinski definition) is 2. The van der Waals surface area contributed by atoms with Gasteiger partial charge in [0.25, 0.3) is 0 Å². The first-order valence-corrected chi connectivity index (χ1v) is 7.49. The summed E-state index contributed by atoms with van der Waals surface area (Å²) >= 11 is 0. The number of rotatable bonds is 7. The second-order valence-corrected chi connectivity index (χ2v) is 5.79. The van der Waals surface area contributed by atoms with E-state index in [0.717, 1.165) is 29.8 Å². The molecule has 0 bridgehead atoms. The lowest BCUT2D eigenvalue weighted by atomic mass is 10.0. The number of carbonyl (C=O) groups is 1. The Balaban J connectivity index is 2.61. The highest BCUT2D eigenvalue weighted by Crippen LogP contribution is 2.23. The maximum absolute atomic E-state index is 12.0. The van der Waals surface area contributed by atoms with E-state index in [4.69, 9.17) is 4.74 Å². The van der Waals surface area contributed by atoms with Crippen LogP contribution in [0.3, 0.4) is 0 Å². The Morgan fingerprint density at radius 2 is 2.00 bits per heavy atom. The Morgan fingerprint density at radius 1 is 1.30 bits per heavy atom. The van der Waals surface area contributed by atoms with E-state index in [1.54, 1.807) is 0 Å². The molecule has 1 unspecified atom stereocenters. The van der Waals surface area contributed by atoms with E-state index in [1.165, 1.54) is 0 Å². The van der Waals surface area contributed by atoms with Gasteiger partial charge in [-0.25, -0.2) is 0 Å². The van der Waals surface area contributed by atoms with Gasteiger partial charge in [-0.3, -0.25) is 4.79 Å². The summed E-state index contributed by atoms with van der Waals surface area (Å²) in [7, 11) is 0. The Kier molecular flexibility index (Phi) is 6.56. The molecule has 1 amide bonds. The van der Waals surface area contributed by atoms with Crippen LogP contribution in [0.15, 0.2) is 18.2 Å². The van der Waals surface area contributed by atoms with Gasteiger partial charge in [-0.1, -0.05) is 26.7 Å². The third kappa shape index (κ3) is 5.64. The molecule has 0 aliphatic carbocycles. The van der Waals surface area contributed by atoms with E-state index < -0.39 is 0 Å². The third-order valence-electron chi connectivity index (χ3n) is 3.16. The number of nitrogens with one attached hydrogen (secondary N) is 1. The Hall–Kier alpha value is -1.51. The van der Waals surface area contributed by atoms with Crippen molar-refractivity contribution in [2.45, 2.75) is 60.0 Å². The molecule has 0 saturated heterocycles. The van der Waals surface area contributed by atoms with Gasteiger partial charge in [-0.2, -0.15) is 0 Å². The Bertz CT molecular complexity index is 441. The first-order valence-electron chi connectivity index (χ1n) is 7.49. The number of benzene rings is 1. The average Bonchev–Trinajstić information content (AvgIpc) is 2.32. The zero-order valence-electron chi connectivity index (χ0n) is 13.3. The van der Waals surface area contributed by atoms with Gasteiger partial charge in [0, 0.05) is 12.1 Å². The van der Waals surface area contributed by atoms with Crippen LogP contribution in [-0.4, -0.2) is 12.0 Å². The molecule has 20 heavy (non-hydrogen) atoms. The lowest BCUT2D eigenvalue weighted by Gasteiger charge is -2.14. The van der Waals surface area contributed by atoms with Crippen LogP contribution >= 0.6 is 0 Å². The van der Waals surface area contributed by atoms with E-state index in [-0.39, 0.29) is 12.0 Å². The molecule has 0 heterocycles. The lowest BCUT2D eigenvalue weighted by Crippen LogP contribution is -2.16. The zero-order chi connectivity index (χ0) is 15.1. The smallest absolute Gasteiger partial charge is 0.224 e. The van der Waals surface area contributed by atoms with Crippen molar-refractivity contribution in [1.82, 2.24) is 0 Å². The van der Waals surface area contributed by atoms with E-state index in [9.17, 15) is 4.79 Å². The molecule has 0 fully saturated rings. The molecule has 1 atom stereocenters. The average molecular weight is 277 g/mol. The summed E-state index contributed by atoms with van der Waals surface area (Å²) in [6, 6.07) is 5.78. The van der Waals surface area contributed by atoms with Crippen molar-refractivity contribution >= 4 is 11.6 Å². The minimum absolute atomic E-state index is 0.0894. The van der Waals surface area contributed by atoms with Crippen molar-refractivity contribution in [2.75, 3.05) is 5.32 Å². The molecule has 112 valence electrons. The van der Waals surface area contributed by atoms with Crippen LogP contribution in [0.25, 0.3) is 0 Å². The third-order valence-corrected chi connectivity index (χ3v) is 3.16. The van der Waals surface area contributed by atoms with Gasteiger partial charge in [0.15, 0.2) is 0 Å². The molecule has 1 rings (SSSR count). The number of amides is 1. The van der Waals surface area contributed by atoms with Crippen LogP contribution in [0, 0.1) is 12.8 Å². The van der Waals surface area contributed by atoms with Crippen LogP contribution in [0.2, 0.25) is 0 Å². The number of hydrogen-bond donors (Lipinski definition) is 1. The van der Waals surface area contributed by atoms with Gasteiger partial charge >= 0.3 is 0 Å². The summed E-state index contributed by atoms with van der Waals surface area (Å²) in [5.74, 6) is 1.37. The van der Waals surface area contributed by atoms with Crippen LogP contribution < -0.4 is 10.1 Å². The minimum Gasteiger partial charge on any atom is -0.491 e. The molecule has 1 aromatic carbocycles. The fourth-order valence-corrected chi connectivity index (χ4v) is 2.23. The minimum atomic E-state index is 0.0894. The van der Waals surface area contributed by atoms with Crippen molar-refractivity contribution in [2.24, 2.45) is 5.92 Å². The number of anilines is 1. The quantitative estimate of drug-likeness (QED) is 0.794. The zero-order valence-corrected chi connectivity index (χ0v) is 13.3. The molecule has 1 aromatic rings. The van der Waals surface area contributed by atoms with Crippen LogP contribution in [0.5, 0.6) is 5.75 Å². The SMILES string of the molecule is CCCC(C)CC(=O)Nc1ccc(OC(C)C)cc1C. The normalized spacial score (nSPS) is 12.3. The van der Waals surface area contributed by atoms with Crippen molar-refractivity contribution in [3.8, 4) is 5.75 Å². The summed E-state index contributed by atoms with van der Waals surface area (Å²) in [6.07, 6.45) is 2.95. The second kappa shape index (κ2) is 7.93. The molecule has 0 aliphatic heterocycles. The molecule has 0 aliphatic rings. The molecular formula is C17H27NO2. The predicted octanol–water partition coefficient (Wildman–Crippen LogP) is 4.55. The van der Waals surface area contributed by atoms with Crippen LogP contribution in [0.4, 0.5) is 5.69 Å². The maximum Gasteiger partial charge on any atom is 0.224 e. The van der Waals surface area contributed by atoms with E-state index >= 15 is 0 Å². The Morgan fingerprint density at radius 3 is 2.55 bits per heavy atom. The van der Waals surface area contributed by atoms with Crippen molar-refractivity contribution in [1.29, 1.82) is 0 Å². The van der Waals surface area contributed by atoms with E-state index in [0.29, 0.717) is 12.3 Å². The number of aryl methyl sites for hydroxylation is 1. The second-order valence-electron chi connectivity index (χ2n) is 5.79. The molecule has 3 heteroatoms. The highest BCUT2D eigenvalue weighted by molar-refractivity contribution is 5.91. The van der Waals surface area contributed by atoms with Crippen molar-refractivity contribution in [3.63, 3.8) is 0 Å². The fraction of sp³-hybridized carbons (Fsp3) is 0.588. The molecule has 0 spiro atoms. The monoisotopic (exact) mass is 277 g/mol. The van der Waals surface area contributed by atoms with Gasteiger partial charge in [-0.05, 0) is 50.5 Å². The van der Waals surface area contributed by atoms with Crippen molar-refractivity contribution in [3.05, 3.63) is 23.8 Å². The number of ether oxygens (including phenoxy) is 1. The maximum atomic E-state index is 12.0. The molecule has 0 aromatic heterocycles. The van der Waals surface area contributed by atoms with Crippen LogP contribution in [-0.2, 0) is 4.79 Å². The highest BCUT2D eigenvalue weighted by atomic mass is 16.5. The van der Waals surface area contributed by atoms with E-state index in [2.05, 4.69) is 19.2 Å². The molecule has 3 nitrogen and oxygen atoms in total. The lowest BCUT2D eigenvalue weighted by molar-refractivity contribution is -0.117. The highest BCUT2D eigenvalue weighted by Gasteiger charge is 2.10. The molecule has 0 saturated carbocycles. The first kappa shape index (κ1) is 16.5. The number of carbonyl (C=O) groups excluding carboxylic acids is 1. The first-order chi connectivity index (χ1) is 9.42. The van der Waals surface area contributed by atoms with Crippen LogP contribution in [0.1, 0.15) is 52.5 Å². The Labute approximate surface area is 122 Å². The summed E-state index contributed by atoms with van der Waals surface area (Å²) < 4.78 is 5.64.